The first-order chi connectivity index (χ1) is 12.1. The van der Waals surface area contributed by atoms with E-state index in [0.717, 1.165) is 5.56 Å². The van der Waals surface area contributed by atoms with E-state index in [2.05, 4.69) is 11.9 Å². The van der Waals surface area contributed by atoms with Crippen LogP contribution in [0.15, 0.2) is 43.0 Å². The average molecular weight is 351 g/mol. The molecule has 3 N–H and O–H groups in total. The molecule has 0 spiro atoms. The summed E-state index contributed by atoms with van der Waals surface area (Å²) in [5.74, 6) is -0.302. The van der Waals surface area contributed by atoms with E-state index in [4.69, 9.17) is 14.2 Å². The second-order valence-corrected chi connectivity index (χ2v) is 5.83. The summed E-state index contributed by atoms with van der Waals surface area (Å²) in [5, 5.41) is 22.6. The van der Waals surface area contributed by atoms with Crippen molar-refractivity contribution >= 4 is 5.91 Å². The number of rotatable bonds is 8. The third kappa shape index (κ3) is 5.35. The van der Waals surface area contributed by atoms with E-state index < -0.39 is 37.3 Å². The van der Waals surface area contributed by atoms with Crippen molar-refractivity contribution in [2.75, 3.05) is 13.2 Å². The van der Waals surface area contributed by atoms with Crippen LogP contribution in [0.2, 0.25) is 0 Å². The van der Waals surface area contributed by atoms with Gasteiger partial charge in [-0.05, 0) is 5.56 Å². The Morgan fingerprint density at radius 3 is 2.68 bits per heavy atom. The first kappa shape index (κ1) is 19.6. The maximum Gasteiger partial charge on any atom is 0.217 e. The van der Waals surface area contributed by atoms with Crippen LogP contribution < -0.4 is 5.32 Å². The van der Waals surface area contributed by atoms with E-state index in [1.54, 1.807) is 6.08 Å². The van der Waals surface area contributed by atoms with Crippen molar-refractivity contribution in [3.63, 3.8) is 0 Å². The first-order valence-electron chi connectivity index (χ1n) is 8.16. The summed E-state index contributed by atoms with van der Waals surface area (Å²) in [6.07, 6.45) is -2.12. The fraction of sp³-hybridized carbons (Fsp3) is 0.500. The zero-order valence-corrected chi connectivity index (χ0v) is 14.2. The molecule has 1 aliphatic rings. The minimum Gasteiger partial charge on any atom is -0.394 e. The van der Waals surface area contributed by atoms with Gasteiger partial charge < -0.3 is 29.7 Å². The van der Waals surface area contributed by atoms with E-state index in [1.807, 2.05) is 30.3 Å². The number of ether oxygens (including phenoxy) is 3. The molecule has 138 valence electrons. The Hall–Kier alpha value is -1.77. The second-order valence-electron chi connectivity index (χ2n) is 5.83. The lowest BCUT2D eigenvalue weighted by Gasteiger charge is -2.44. The topological polar surface area (TPSA) is 97.2 Å². The van der Waals surface area contributed by atoms with Crippen molar-refractivity contribution in [2.45, 2.75) is 44.2 Å². The second kappa shape index (κ2) is 9.65. The van der Waals surface area contributed by atoms with Crippen LogP contribution >= 0.6 is 0 Å². The number of benzene rings is 1. The van der Waals surface area contributed by atoms with Gasteiger partial charge in [0.2, 0.25) is 5.91 Å². The average Bonchev–Trinajstić information content (AvgIpc) is 2.61. The van der Waals surface area contributed by atoms with Gasteiger partial charge in [0.25, 0.3) is 0 Å². The molecule has 25 heavy (non-hydrogen) atoms. The fourth-order valence-electron chi connectivity index (χ4n) is 2.73. The Kier molecular flexibility index (Phi) is 7.54. The predicted molar refractivity (Wildman–Crippen MR) is 90.5 cm³/mol. The smallest absolute Gasteiger partial charge is 0.217 e. The van der Waals surface area contributed by atoms with Crippen LogP contribution in [0.25, 0.3) is 0 Å². The van der Waals surface area contributed by atoms with E-state index in [-0.39, 0.29) is 19.1 Å². The molecule has 0 saturated carbocycles. The van der Waals surface area contributed by atoms with Gasteiger partial charge in [0.05, 0.1) is 19.8 Å². The zero-order chi connectivity index (χ0) is 18.2. The van der Waals surface area contributed by atoms with E-state index in [1.165, 1.54) is 6.92 Å². The zero-order valence-electron chi connectivity index (χ0n) is 14.2. The standard InChI is InChI=1S/C18H25NO6/c1-3-9-23-17-15(19-12(2)21)18(25-14(10-20)16(17)22)24-11-13-7-5-4-6-8-13/h3-8,14-18,20,22H,1,9-11H2,2H3,(H,19,21)/t14-,15-,16-,17+,18-/m1/s1. The lowest BCUT2D eigenvalue weighted by Crippen LogP contribution is -2.65. The Labute approximate surface area is 147 Å². The molecule has 0 aliphatic carbocycles. The maximum absolute atomic E-state index is 11.6. The number of amides is 1. The van der Waals surface area contributed by atoms with Crippen LogP contribution in [0, 0.1) is 0 Å². The Balaban J connectivity index is 2.16. The molecule has 1 heterocycles. The summed E-state index contributed by atoms with van der Waals surface area (Å²) in [6.45, 7) is 4.99. The number of hydrogen-bond acceptors (Lipinski definition) is 6. The molecular formula is C18H25NO6. The summed E-state index contributed by atoms with van der Waals surface area (Å²) < 4.78 is 17.1. The van der Waals surface area contributed by atoms with Gasteiger partial charge in [0, 0.05) is 6.92 Å². The van der Waals surface area contributed by atoms with Gasteiger partial charge in [0.15, 0.2) is 6.29 Å². The molecule has 1 amide bonds. The molecule has 1 saturated heterocycles. The first-order valence-corrected chi connectivity index (χ1v) is 8.16. The maximum atomic E-state index is 11.6. The van der Waals surface area contributed by atoms with Crippen LogP contribution in [0.4, 0.5) is 0 Å². The van der Waals surface area contributed by atoms with E-state index in [0.29, 0.717) is 0 Å². The van der Waals surface area contributed by atoms with E-state index >= 15 is 0 Å². The molecule has 1 aliphatic heterocycles. The van der Waals surface area contributed by atoms with Gasteiger partial charge in [-0.25, -0.2) is 0 Å². The van der Waals surface area contributed by atoms with Crippen molar-refractivity contribution < 1.29 is 29.2 Å². The van der Waals surface area contributed by atoms with Crippen LogP contribution in [-0.4, -0.2) is 60.0 Å². The van der Waals surface area contributed by atoms with Gasteiger partial charge in [-0.3, -0.25) is 4.79 Å². The lowest BCUT2D eigenvalue weighted by molar-refractivity contribution is -0.278. The largest absolute Gasteiger partial charge is 0.394 e. The molecule has 0 radical (unpaired) electrons. The summed E-state index contributed by atoms with van der Waals surface area (Å²) in [7, 11) is 0. The number of carbonyl (C=O) groups excluding carboxylic acids is 1. The highest BCUT2D eigenvalue weighted by molar-refractivity contribution is 5.73. The molecule has 1 aromatic carbocycles. The van der Waals surface area contributed by atoms with Gasteiger partial charge in [0.1, 0.15) is 24.4 Å². The summed E-state index contributed by atoms with van der Waals surface area (Å²) in [5.41, 5.74) is 0.933. The number of hydrogen-bond donors (Lipinski definition) is 3. The van der Waals surface area contributed by atoms with Crippen LogP contribution in [0.3, 0.4) is 0 Å². The highest BCUT2D eigenvalue weighted by atomic mass is 16.7. The summed E-state index contributed by atoms with van der Waals surface area (Å²) in [6, 6.07) is 8.77. The number of carbonyl (C=O) groups is 1. The minimum absolute atomic E-state index is 0.182. The quantitative estimate of drug-likeness (QED) is 0.585. The number of aliphatic hydroxyl groups excluding tert-OH is 2. The Morgan fingerprint density at radius 1 is 1.36 bits per heavy atom. The van der Waals surface area contributed by atoms with Gasteiger partial charge in [-0.2, -0.15) is 0 Å². The van der Waals surface area contributed by atoms with Crippen molar-refractivity contribution in [1.82, 2.24) is 5.32 Å². The van der Waals surface area contributed by atoms with Gasteiger partial charge >= 0.3 is 0 Å². The summed E-state index contributed by atoms with van der Waals surface area (Å²) >= 11 is 0. The van der Waals surface area contributed by atoms with Crippen molar-refractivity contribution in [2.24, 2.45) is 0 Å². The Morgan fingerprint density at radius 2 is 2.08 bits per heavy atom. The molecule has 7 nitrogen and oxygen atoms in total. The fourth-order valence-corrected chi connectivity index (χ4v) is 2.73. The lowest BCUT2D eigenvalue weighted by atomic mass is 9.96. The molecule has 1 fully saturated rings. The highest BCUT2D eigenvalue weighted by Gasteiger charge is 2.46. The van der Waals surface area contributed by atoms with Crippen molar-refractivity contribution in [3.8, 4) is 0 Å². The molecule has 2 rings (SSSR count). The molecule has 7 heteroatoms. The molecule has 0 unspecified atom stereocenters. The summed E-state index contributed by atoms with van der Waals surface area (Å²) in [4.78, 5) is 11.6. The van der Waals surface area contributed by atoms with E-state index in [9.17, 15) is 15.0 Å². The molecule has 1 aromatic rings. The third-order valence-electron chi connectivity index (χ3n) is 3.89. The Bertz CT molecular complexity index is 552. The molecule has 0 aromatic heterocycles. The van der Waals surface area contributed by atoms with Crippen LogP contribution in [-0.2, 0) is 25.6 Å². The normalized spacial score (nSPS) is 29.2. The third-order valence-corrected chi connectivity index (χ3v) is 3.89. The number of nitrogens with one attached hydrogen (secondary N) is 1. The van der Waals surface area contributed by atoms with Crippen molar-refractivity contribution in [1.29, 1.82) is 0 Å². The monoisotopic (exact) mass is 351 g/mol. The highest BCUT2D eigenvalue weighted by Crippen LogP contribution is 2.25. The molecule has 0 bridgehead atoms. The SMILES string of the molecule is C=CCO[C@@H]1[C@H](O)[C@@H](CO)O[C@@H](OCc2ccccc2)[C@@H]1NC(C)=O. The molecule has 5 atom stereocenters. The van der Waals surface area contributed by atoms with Gasteiger partial charge in [-0.15, -0.1) is 6.58 Å². The minimum atomic E-state index is -1.11. The molecular weight excluding hydrogens is 326 g/mol. The van der Waals surface area contributed by atoms with Crippen molar-refractivity contribution in [3.05, 3.63) is 48.6 Å². The van der Waals surface area contributed by atoms with Crippen LogP contribution in [0.1, 0.15) is 12.5 Å². The van der Waals surface area contributed by atoms with Gasteiger partial charge in [-0.1, -0.05) is 36.4 Å². The number of aliphatic hydroxyl groups is 2. The predicted octanol–water partition coefficient (Wildman–Crippen LogP) is 0.357. The van der Waals surface area contributed by atoms with Crippen LogP contribution in [0.5, 0.6) is 0 Å².